The van der Waals surface area contributed by atoms with Crippen molar-refractivity contribution in [3.63, 3.8) is 0 Å². The summed E-state index contributed by atoms with van der Waals surface area (Å²) in [4.78, 5) is 48.0. The summed E-state index contributed by atoms with van der Waals surface area (Å²) in [5.74, 6) is -4.50. The molecule has 0 aromatic heterocycles. The van der Waals surface area contributed by atoms with E-state index in [1.54, 1.807) is 0 Å². The van der Waals surface area contributed by atoms with Crippen LogP contribution in [0.4, 0.5) is 0 Å². The molecule has 2 radical (unpaired) electrons. The van der Waals surface area contributed by atoms with Gasteiger partial charge in [-0.15, -0.1) is 0 Å². The summed E-state index contributed by atoms with van der Waals surface area (Å²) in [6, 6.07) is 0. The van der Waals surface area contributed by atoms with E-state index in [0.717, 1.165) is 38.5 Å². The Bertz CT molecular complexity index is 731. The van der Waals surface area contributed by atoms with E-state index < -0.39 is 36.1 Å². The van der Waals surface area contributed by atoms with E-state index in [1.807, 2.05) is 0 Å². The summed E-state index contributed by atoms with van der Waals surface area (Å²) in [6.07, 6.45) is 31.3. The van der Waals surface area contributed by atoms with Crippen LogP contribution in [-0.2, 0) is 28.7 Å². The molecule has 0 rings (SSSR count). The first kappa shape index (κ1) is 54.5. The second-order valence-electron chi connectivity index (χ2n) is 13.9. The predicted octanol–water partition coefficient (Wildman–Crippen LogP) is 9.61. The fraction of sp³-hybridized carbons (Fsp3) is 0.900. The Morgan fingerprint density at radius 2 is 0.540 bits per heavy atom. The maximum Gasteiger partial charge on any atom is 0.346 e. The van der Waals surface area contributed by atoms with Crippen molar-refractivity contribution in [3.05, 3.63) is 0 Å². The average molecular weight is 729 g/mol. The van der Waals surface area contributed by atoms with Crippen LogP contribution in [0.25, 0.3) is 0 Å². The summed E-state index contributed by atoms with van der Waals surface area (Å²) >= 11 is 0. The van der Waals surface area contributed by atoms with Crippen molar-refractivity contribution in [1.82, 2.24) is 0 Å². The number of hydrogen-bond donors (Lipinski definition) is 2. The topological polar surface area (TPSA) is 127 Å². The van der Waals surface area contributed by atoms with Crippen molar-refractivity contribution < 1.29 is 38.9 Å². The van der Waals surface area contributed by atoms with Gasteiger partial charge in [-0.3, -0.25) is 9.59 Å². The SMILES string of the molecule is CCCCCCCCCCCCCCCCCC(=O)OC(=O)C(O)C(O)C(=O)OC(=O)CCCCCCCCCCCCCCCCC.[Na].[Na]. The molecule has 2 atom stereocenters. The second kappa shape index (κ2) is 41.9. The van der Waals surface area contributed by atoms with Gasteiger partial charge in [0.05, 0.1) is 0 Å². The number of aliphatic hydroxyl groups is 2. The molecule has 0 fully saturated rings. The Morgan fingerprint density at radius 1 is 0.360 bits per heavy atom. The minimum Gasteiger partial charge on any atom is -0.391 e. The van der Waals surface area contributed by atoms with Crippen LogP contribution < -0.4 is 0 Å². The van der Waals surface area contributed by atoms with Crippen LogP contribution in [-0.4, -0.2) is 105 Å². The normalized spacial score (nSPS) is 12.0. The summed E-state index contributed by atoms with van der Waals surface area (Å²) in [5, 5.41) is 19.9. The fourth-order valence-electron chi connectivity index (χ4n) is 5.99. The molecular formula is C40H74Na2O8. The van der Waals surface area contributed by atoms with Gasteiger partial charge in [-0.1, -0.05) is 194 Å². The molecule has 0 saturated heterocycles. The van der Waals surface area contributed by atoms with E-state index in [-0.39, 0.29) is 72.0 Å². The van der Waals surface area contributed by atoms with Crippen molar-refractivity contribution >= 4 is 83.0 Å². The maximum absolute atomic E-state index is 12.0. The molecule has 284 valence electrons. The zero-order valence-electron chi connectivity index (χ0n) is 33.1. The Hall–Kier alpha value is 0.200. The minimum atomic E-state index is -2.30. The monoisotopic (exact) mass is 729 g/mol. The van der Waals surface area contributed by atoms with Crippen LogP contribution in [0.2, 0.25) is 0 Å². The molecule has 0 aliphatic carbocycles. The van der Waals surface area contributed by atoms with Gasteiger partial charge in [0.2, 0.25) is 0 Å². The summed E-state index contributed by atoms with van der Waals surface area (Å²) in [6.45, 7) is 4.49. The van der Waals surface area contributed by atoms with Crippen molar-refractivity contribution in [2.75, 3.05) is 0 Å². The van der Waals surface area contributed by atoms with Crippen molar-refractivity contribution in [2.24, 2.45) is 0 Å². The molecule has 0 saturated carbocycles. The van der Waals surface area contributed by atoms with Crippen LogP contribution in [0.5, 0.6) is 0 Å². The third-order valence-electron chi connectivity index (χ3n) is 9.18. The molecular weight excluding hydrogens is 654 g/mol. The number of hydrogen-bond acceptors (Lipinski definition) is 8. The van der Waals surface area contributed by atoms with Gasteiger partial charge in [-0.05, 0) is 12.8 Å². The maximum atomic E-state index is 12.0. The van der Waals surface area contributed by atoms with Gasteiger partial charge < -0.3 is 19.7 Å². The first-order valence-electron chi connectivity index (χ1n) is 20.2. The van der Waals surface area contributed by atoms with E-state index in [0.29, 0.717) is 12.8 Å². The molecule has 0 heterocycles. The summed E-state index contributed by atoms with van der Waals surface area (Å²) in [7, 11) is 0. The minimum absolute atomic E-state index is 0. The van der Waals surface area contributed by atoms with E-state index in [9.17, 15) is 29.4 Å². The number of ether oxygens (including phenoxy) is 2. The Balaban J connectivity index is -0.0000110. The van der Waals surface area contributed by atoms with Crippen LogP contribution in [0.15, 0.2) is 0 Å². The van der Waals surface area contributed by atoms with E-state index in [2.05, 4.69) is 23.3 Å². The molecule has 0 bridgehead atoms. The number of carbonyl (C=O) groups excluding carboxylic acids is 4. The van der Waals surface area contributed by atoms with Gasteiger partial charge in [-0.25, -0.2) is 9.59 Å². The average Bonchev–Trinajstić information content (AvgIpc) is 3.07. The van der Waals surface area contributed by atoms with Crippen LogP contribution >= 0.6 is 0 Å². The first-order valence-corrected chi connectivity index (χ1v) is 20.2. The van der Waals surface area contributed by atoms with Gasteiger partial charge in [0.1, 0.15) is 0 Å². The number of rotatable bonds is 35. The second-order valence-corrected chi connectivity index (χ2v) is 13.9. The summed E-state index contributed by atoms with van der Waals surface area (Å²) < 4.78 is 9.17. The van der Waals surface area contributed by atoms with Crippen molar-refractivity contribution in [1.29, 1.82) is 0 Å². The number of aliphatic hydroxyl groups excluding tert-OH is 2. The molecule has 0 aliphatic rings. The molecule has 0 aliphatic heterocycles. The van der Waals surface area contributed by atoms with Gasteiger partial charge in [0, 0.05) is 72.0 Å². The predicted molar refractivity (Wildman–Crippen MR) is 205 cm³/mol. The van der Waals surface area contributed by atoms with Gasteiger partial charge in [0.25, 0.3) is 0 Å². The molecule has 8 nitrogen and oxygen atoms in total. The zero-order chi connectivity index (χ0) is 35.5. The molecule has 0 spiro atoms. The molecule has 0 aromatic rings. The smallest absolute Gasteiger partial charge is 0.346 e. The molecule has 2 N–H and O–H groups in total. The Morgan fingerprint density at radius 3 is 0.740 bits per heavy atom. The number of carbonyl (C=O) groups is 4. The fourth-order valence-corrected chi connectivity index (χ4v) is 5.99. The van der Waals surface area contributed by atoms with Crippen LogP contribution in [0.1, 0.15) is 219 Å². The molecule has 0 amide bonds. The van der Waals surface area contributed by atoms with Gasteiger partial charge >= 0.3 is 23.9 Å². The Labute approximate surface area is 350 Å². The number of esters is 4. The van der Waals surface area contributed by atoms with E-state index in [4.69, 9.17) is 0 Å². The Kier molecular flexibility index (Phi) is 45.8. The molecule has 0 aromatic carbocycles. The zero-order valence-corrected chi connectivity index (χ0v) is 37.1. The third kappa shape index (κ3) is 36.6. The van der Waals surface area contributed by atoms with Gasteiger partial charge in [-0.2, -0.15) is 0 Å². The molecule has 50 heavy (non-hydrogen) atoms. The largest absolute Gasteiger partial charge is 0.391 e. The van der Waals surface area contributed by atoms with Crippen LogP contribution in [0.3, 0.4) is 0 Å². The standard InChI is InChI=1S/C40H74O8.2Na/c1-3-5-7-9-11-13-15-17-19-21-23-25-27-29-31-33-35(41)47-39(45)37(43)38(44)40(46)48-36(42)34-32-30-28-26-24-22-20-18-16-14-12-10-8-6-4-2;;/h37-38,43-44H,3-34H2,1-2H3;;. The van der Waals surface area contributed by atoms with Crippen LogP contribution in [0, 0.1) is 0 Å². The summed E-state index contributed by atoms with van der Waals surface area (Å²) in [5.41, 5.74) is 0. The van der Waals surface area contributed by atoms with E-state index in [1.165, 1.54) is 141 Å². The van der Waals surface area contributed by atoms with E-state index >= 15 is 0 Å². The van der Waals surface area contributed by atoms with Crippen molar-refractivity contribution in [2.45, 2.75) is 232 Å². The molecule has 2 unspecified atom stereocenters. The van der Waals surface area contributed by atoms with Crippen molar-refractivity contribution in [3.8, 4) is 0 Å². The third-order valence-corrected chi connectivity index (χ3v) is 9.18. The number of unbranched alkanes of at least 4 members (excludes halogenated alkanes) is 28. The molecule has 10 heteroatoms. The quantitative estimate of drug-likeness (QED) is 0.0286. The first-order chi connectivity index (χ1) is 23.3. The van der Waals surface area contributed by atoms with Gasteiger partial charge in [0.15, 0.2) is 12.2 Å².